The van der Waals surface area contributed by atoms with Crippen LogP contribution >= 0.6 is 0 Å². The molecule has 0 spiro atoms. The maximum atomic E-state index is 10.9. The lowest BCUT2D eigenvalue weighted by Crippen LogP contribution is -2.82. The molecule has 7 rings (SSSR count). The summed E-state index contributed by atoms with van der Waals surface area (Å²) in [6.07, 6.45) is 0. The maximum absolute atomic E-state index is 10.9. The minimum Gasteiger partial charge on any atom is -0.391 e. The minimum absolute atomic E-state index is 1.43. The zero-order valence-corrected chi connectivity index (χ0v) is 25.4. The normalized spacial score (nSPS) is 63.1. The minimum atomic E-state index is -3.81. The van der Waals surface area contributed by atoms with Crippen molar-refractivity contribution >= 4 is 70.4 Å². The Morgan fingerprint density at radius 3 is 0.621 bits per heavy atom. The van der Waals surface area contributed by atoms with E-state index in [-0.39, 0.29) is 0 Å². The van der Waals surface area contributed by atoms with Gasteiger partial charge in [0.25, 0.3) is 0 Å². The highest BCUT2D eigenvalue weighted by Crippen LogP contribution is 2.43. The van der Waals surface area contributed by atoms with E-state index in [4.69, 9.17) is 45.3 Å². The lowest BCUT2D eigenvalue weighted by atomic mass is 11.9. The summed E-state index contributed by atoms with van der Waals surface area (Å²) in [6.45, 7) is 12.5. The lowest BCUT2D eigenvalue weighted by molar-refractivity contribution is 0.00403. The Morgan fingerprint density at radius 2 is 0.448 bits per heavy atom. The fourth-order valence-corrected chi connectivity index (χ4v) is 44.9. The molecule has 0 radical (unpaired) electrons. The van der Waals surface area contributed by atoms with E-state index in [2.05, 4.69) is 0 Å². The van der Waals surface area contributed by atoms with E-state index in [1.807, 2.05) is 0 Å². The number of hydrogen-bond acceptors (Lipinski definition) is 13. The Labute approximate surface area is 177 Å². The molecule has 0 aromatic rings. The summed E-state index contributed by atoms with van der Waals surface area (Å²) in [5, 5.41) is 0. The summed E-state index contributed by atoms with van der Waals surface area (Å²) in [6, 6.07) is 0. The van der Waals surface area contributed by atoms with Gasteiger partial charge in [0.1, 0.15) is 0 Å². The topological polar surface area (TPSA) is 142 Å². The van der Waals surface area contributed by atoms with Crippen LogP contribution in [-0.4, -0.2) is 80.0 Å². The van der Waals surface area contributed by atoms with Crippen molar-refractivity contribution in [1.82, 2.24) is 0 Å². The molecule has 0 aliphatic carbocycles. The lowest BCUT2D eigenvalue weighted by Gasteiger charge is -2.56. The van der Waals surface area contributed by atoms with E-state index in [1.165, 1.54) is 13.1 Å². The van der Waals surface area contributed by atoms with Crippen molar-refractivity contribution in [2.24, 2.45) is 0 Å². The molecular formula is C8H26O13Si8. The molecule has 7 aliphatic heterocycles. The van der Waals surface area contributed by atoms with Crippen molar-refractivity contribution in [3.63, 3.8) is 0 Å². The quantitative estimate of drug-likeness (QED) is 0.381. The van der Waals surface area contributed by atoms with Crippen LogP contribution in [0.3, 0.4) is 0 Å². The van der Waals surface area contributed by atoms with E-state index < -0.39 is 70.4 Å². The van der Waals surface area contributed by atoms with Crippen LogP contribution in [0, 0.1) is 0 Å². The van der Waals surface area contributed by atoms with Crippen molar-refractivity contribution in [3.8, 4) is 0 Å². The molecule has 13 nitrogen and oxygen atoms in total. The second kappa shape index (κ2) is 6.41. The van der Waals surface area contributed by atoms with Crippen molar-refractivity contribution in [2.45, 2.75) is 52.4 Å². The number of hydrogen-bond donors (Lipinski definition) is 2. The molecule has 6 bridgehead atoms. The molecule has 0 amide bonds. The summed E-state index contributed by atoms with van der Waals surface area (Å²) in [5.74, 6) is 0. The summed E-state index contributed by atoms with van der Waals surface area (Å²) < 4.78 is 67.4. The van der Waals surface area contributed by atoms with Crippen LogP contribution in [0.15, 0.2) is 0 Å². The summed E-state index contributed by atoms with van der Waals surface area (Å²) in [7, 11) is -29.6. The zero-order chi connectivity index (χ0) is 21.8. The van der Waals surface area contributed by atoms with Crippen molar-refractivity contribution in [1.29, 1.82) is 0 Å². The first-order valence-electron chi connectivity index (χ1n) is 8.94. The van der Waals surface area contributed by atoms with Crippen molar-refractivity contribution < 1.29 is 54.9 Å². The summed E-state index contributed by atoms with van der Waals surface area (Å²) >= 11 is 0. The second-order valence-corrected chi connectivity index (χ2v) is 31.0. The van der Waals surface area contributed by atoms with Gasteiger partial charge in [0.2, 0.25) is 0 Å². The molecule has 4 unspecified atom stereocenters. The Kier molecular flexibility index (Phi) is 5.17. The SMILES string of the molecule is C[Si]1(O)O[Si]2(C)O[Si]3(C)O[Si](C)(O)O[Si]4(C)O[Si](C)(O2)O[Si](C)(O1)O[Si](C)(O3)O4. The van der Waals surface area contributed by atoms with Gasteiger partial charge >= 0.3 is 70.4 Å². The fourth-order valence-electron chi connectivity index (χ4n) is 4.15. The van der Waals surface area contributed by atoms with Gasteiger partial charge in [-0.3, -0.25) is 0 Å². The van der Waals surface area contributed by atoms with Crippen LogP contribution in [-0.2, 0) is 45.3 Å². The number of rotatable bonds is 0. The van der Waals surface area contributed by atoms with E-state index in [0.29, 0.717) is 0 Å². The molecule has 7 heterocycles. The third-order valence-corrected chi connectivity index (χ3v) is 36.9. The van der Waals surface area contributed by atoms with Crippen LogP contribution in [0.4, 0.5) is 0 Å². The van der Waals surface area contributed by atoms with Crippen LogP contribution < -0.4 is 0 Å². The van der Waals surface area contributed by atoms with Gasteiger partial charge in [0.05, 0.1) is 0 Å². The molecule has 0 aromatic heterocycles. The van der Waals surface area contributed by atoms with Crippen LogP contribution in [0.5, 0.6) is 0 Å². The standard InChI is InChI=1S/C8H26O13Si8/c1-22(9)11-24(3)15-25(4)12-23(2,10)14-27(6)19-29(8,17-25)20-26(5,13-22)18-28(7,16-24)21-27/h9-10H,1-8H3. The van der Waals surface area contributed by atoms with E-state index >= 15 is 0 Å². The fraction of sp³-hybridized carbons (Fsp3) is 1.00. The van der Waals surface area contributed by atoms with Gasteiger partial charge < -0.3 is 54.9 Å². The van der Waals surface area contributed by atoms with Gasteiger partial charge in [-0.1, -0.05) is 0 Å². The van der Waals surface area contributed by atoms with Crippen LogP contribution in [0.1, 0.15) is 0 Å². The van der Waals surface area contributed by atoms with Gasteiger partial charge in [-0.2, -0.15) is 0 Å². The molecule has 21 heteroatoms. The maximum Gasteiger partial charge on any atom is 0.480 e. The smallest absolute Gasteiger partial charge is 0.391 e. The van der Waals surface area contributed by atoms with E-state index in [1.54, 1.807) is 39.3 Å². The van der Waals surface area contributed by atoms with Gasteiger partial charge in [0, 0.05) is 52.4 Å². The molecule has 7 saturated heterocycles. The van der Waals surface area contributed by atoms with Crippen molar-refractivity contribution in [2.75, 3.05) is 0 Å². The average molecular weight is 555 g/mol. The molecule has 2 N–H and O–H groups in total. The van der Waals surface area contributed by atoms with Crippen LogP contribution in [0.2, 0.25) is 52.4 Å². The molecule has 29 heavy (non-hydrogen) atoms. The third-order valence-electron chi connectivity index (χ3n) is 4.09. The molecule has 0 aromatic carbocycles. The largest absolute Gasteiger partial charge is 0.480 e. The highest BCUT2D eigenvalue weighted by Gasteiger charge is 2.74. The predicted molar refractivity (Wildman–Crippen MR) is 109 cm³/mol. The van der Waals surface area contributed by atoms with Gasteiger partial charge in [0.15, 0.2) is 0 Å². The zero-order valence-electron chi connectivity index (χ0n) is 17.4. The molecule has 4 atom stereocenters. The van der Waals surface area contributed by atoms with E-state index in [0.717, 1.165) is 0 Å². The first-order chi connectivity index (χ1) is 12.8. The van der Waals surface area contributed by atoms with E-state index in [9.17, 15) is 9.59 Å². The Morgan fingerprint density at radius 1 is 0.310 bits per heavy atom. The molecule has 168 valence electrons. The Balaban J connectivity index is 1.97. The Hall–Kier alpha value is 1.22. The van der Waals surface area contributed by atoms with Gasteiger partial charge in [-0.05, 0) is 0 Å². The van der Waals surface area contributed by atoms with Crippen LogP contribution in [0.25, 0.3) is 0 Å². The second-order valence-electron chi connectivity index (χ2n) is 8.09. The molecule has 7 fully saturated rings. The highest BCUT2D eigenvalue weighted by molar-refractivity contribution is 6.99. The highest BCUT2D eigenvalue weighted by atomic mass is 28.6. The Bertz CT molecular complexity index is 659. The van der Waals surface area contributed by atoms with Gasteiger partial charge in [-0.15, -0.1) is 0 Å². The van der Waals surface area contributed by atoms with Crippen molar-refractivity contribution in [3.05, 3.63) is 0 Å². The first-order valence-corrected chi connectivity index (χ1v) is 26.8. The monoisotopic (exact) mass is 554 g/mol. The average Bonchev–Trinajstić information content (AvgIpc) is 2.22. The first kappa shape index (κ1) is 23.4. The summed E-state index contributed by atoms with van der Waals surface area (Å²) in [4.78, 5) is 21.8. The molecular weight excluding hydrogens is 529 g/mol. The third kappa shape index (κ3) is 4.79. The molecule has 0 saturated carbocycles. The van der Waals surface area contributed by atoms with Gasteiger partial charge in [-0.25, -0.2) is 0 Å². The molecule has 7 aliphatic rings. The summed E-state index contributed by atoms with van der Waals surface area (Å²) in [5.41, 5.74) is 0. The number of fused-ring (bicyclic) bond motifs is 4. The predicted octanol–water partition coefficient (Wildman–Crippen LogP) is -0.242.